The first-order chi connectivity index (χ1) is 10.3. The molecule has 1 aliphatic heterocycles. The Bertz CT molecular complexity index is 553. The van der Waals surface area contributed by atoms with Gasteiger partial charge in [-0.1, -0.05) is 29.8 Å². The molecule has 1 atom stereocenters. The molecule has 1 aromatic carbocycles. The predicted octanol–water partition coefficient (Wildman–Crippen LogP) is 3.72. The molecule has 0 saturated carbocycles. The molecule has 3 heteroatoms. The van der Waals surface area contributed by atoms with E-state index in [2.05, 4.69) is 65.0 Å². The van der Waals surface area contributed by atoms with Crippen molar-refractivity contribution in [1.29, 1.82) is 0 Å². The van der Waals surface area contributed by atoms with E-state index >= 15 is 0 Å². The van der Waals surface area contributed by atoms with Gasteiger partial charge < -0.3 is 0 Å². The summed E-state index contributed by atoms with van der Waals surface area (Å²) in [6, 6.07) is 13.9. The minimum absolute atomic E-state index is 0.561. The van der Waals surface area contributed by atoms with Crippen molar-refractivity contribution in [2.24, 2.45) is 0 Å². The highest BCUT2D eigenvalue weighted by atomic mass is 32.2. The number of benzene rings is 1. The third-order valence-electron chi connectivity index (χ3n) is 4.14. The highest BCUT2D eigenvalue weighted by molar-refractivity contribution is 7.99. The molecule has 21 heavy (non-hydrogen) atoms. The summed E-state index contributed by atoms with van der Waals surface area (Å²) in [5.41, 5.74) is 4.18. The SMILES string of the molecule is Cc1ccc([C@@H]2CSCCN2CCc2ccncc2)cc1. The Hall–Kier alpha value is -1.32. The summed E-state index contributed by atoms with van der Waals surface area (Å²) in [6.07, 6.45) is 4.88. The average molecular weight is 298 g/mol. The van der Waals surface area contributed by atoms with Gasteiger partial charge in [0.2, 0.25) is 0 Å². The minimum Gasteiger partial charge on any atom is -0.294 e. The van der Waals surface area contributed by atoms with Crippen molar-refractivity contribution in [3.8, 4) is 0 Å². The predicted molar refractivity (Wildman–Crippen MR) is 90.8 cm³/mol. The fourth-order valence-electron chi connectivity index (χ4n) is 2.82. The van der Waals surface area contributed by atoms with Gasteiger partial charge in [-0.3, -0.25) is 9.88 Å². The van der Waals surface area contributed by atoms with Gasteiger partial charge in [-0.2, -0.15) is 11.8 Å². The van der Waals surface area contributed by atoms with Gasteiger partial charge in [0.15, 0.2) is 0 Å². The Kier molecular flexibility index (Phi) is 4.94. The van der Waals surface area contributed by atoms with Crippen LogP contribution in [0.1, 0.15) is 22.7 Å². The summed E-state index contributed by atoms with van der Waals surface area (Å²) in [4.78, 5) is 6.73. The molecule has 0 spiro atoms. The second kappa shape index (κ2) is 7.10. The summed E-state index contributed by atoms with van der Waals surface area (Å²) in [7, 11) is 0. The monoisotopic (exact) mass is 298 g/mol. The fourth-order valence-corrected chi connectivity index (χ4v) is 3.98. The maximum absolute atomic E-state index is 4.09. The van der Waals surface area contributed by atoms with Crippen molar-refractivity contribution in [2.45, 2.75) is 19.4 Å². The topological polar surface area (TPSA) is 16.1 Å². The maximum Gasteiger partial charge on any atom is 0.0439 e. The Labute approximate surface area is 131 Å². The van der Waals surface area contributed by atoms with Crippen molar-refractivity contribution in [2.75, 3.05) is 24.6 Å². The molecule has 0 unspecified atom stereocenters. The van der Waals surface area contributed by atoms with E-state index in [0.717, 1.165) is 13.0 Å². The van der Waals surface area contributed by atoms with E-state index in [1.165, 1.54) is 34.7 Å². The van der Waals surface area contributed by atoms with Crippen molar-refractivity contribution in [3.63, 3.8) is 0 Å². The largest absolute Gasteiger partial charge is 0.294 e. The van der Waals surface area contributed by atoms with Gasteiger partial charge in [0, 0.05) is 43.0 Å². The van der Waals surface area contributed by atoms with Gasteiger partial charge in [-0.05, 0) is 36.6 Å². The van der Waals surface area contributed by atoms with Crippen LogP contribution < -0.4 is 0 Å². The van der Waals surface area contributed by atoms with Crippen LogP contribution in [0.2, 0.25) is 0 Å². The molecular formula is C18H22N2S. The van der Waals surface area contributed by atoms with Gasteiger partial charge in [-0.15, -0.1) is 0 Å². The number of hydrogen-bond donors (Lipinski definition) is 0. The van der Waals surface area contributed by atoms with Crippen molar-refractivity contribution < 1.29 is 0 Å². The normalized spacial score (nSPS) is 19.6. The van der Waals surface area contributed by atoms with E-state index in [1.54, 1.807) is 0 Å². The minimum atomic E-state index is 0.561. The first-order valence-electron chi connectivity index (χ1n) is 7.60. The lowest BCUT2D eigenvalue weighted by Crippen LogP contribution is -2.37. The van der Waals surface area contributed by atoms with Crippen molar-refractivity contribution in [1.82, 2.24) is 9.88 Å². The maximum atomic E-state index is 4.09. The second-order valence-corrected chi connectivity index (χ2v) is 6.79. The quantitative estimate of drug-likeness (QED) is 0.856. The number of pyridine rings is 1. The number of aryl methyl sites for hydroxylation is 1. The molecular weight excluding hydrogens is 276 g/mol. The Morgan fingerprint density at radius 2 is 1.90 bits per heavy atom. The number of thioether (sulfide) groups is 1. The highest BCUT2D eigenvalue weighted by Gasteiger charge is 2.23. The molecule has 0 bridgehead atoms. The molecule has 2 heterocycles. The summed E-state index contributed by atoms with van der Waals surface area (Å²) in [5, 5.41) is 0. The van der Waals surface area contributed by atoms with Crippen LogP contribution in [0.4, 0.5) is 0 Å². The van der Waals surface area contributed by atoms with Crippen LogP contribution in [0.25, 0.3) is 0 Å². The smallest absolute Gasteiger partial charge is 0.0439 e. The number of nitrogens with zero attached hydrogens (tertiary/aromatic N) is 2. The first kappa shape index (κ1) is 14.6. The molecule has 1 saturated heterocycles. The van der Waals surface area contributed by atoms with E-state index in [-0.39, 0.29) is 0 Å². The summed E-state index contributed by atoms with van der Waals surface area (Å²) in [5.74, 6) is 2.46. The van der Waals surface area contributed by atoms with Gasteiger partial charge >= 0.3 is 0 Å². The van der Waals surface area contributed by atoms with Crippen LogP contribution in [0, 0.1) is 6.92 Å². The van der Waals surface area contributed by atoms with Gasteiger partial charge in [-0.25, -0.2) is 0 Å². The lowest BCUT2D eigenvalue weighted by molar-refractivity contribution is 0.224. The van der Waals surface area contributed by atoms with E-state index in [9.17, 15) is 0 Å². The Morgan fingerprint density at radius 1 is 1.14 bits per heavy atom. The molecule has 0 radical (unpaired) electrons. The average Bonchev–Trinajstić information content (AvgIpc) is 2.55. The van der Waals surface area contributed by atoms with E-state index in [1.807, 2.05) is 12.4 Å². The molecule has 1 fully saturated rings. The van der Waals surface area contributed by atoms with Crippen LogP contribution in [0.15, 0.2) is 48.8 Å². The standard InChI is InChI=1S/C18H22N2S/c1-15-2-4-17(5-3-15)18-14-21-13-12-20(18)11-8-16-6-9-19-10-7-16/h2-7,9-10,18H,8,11-14H2,1H3/t18-/m0/s1. The van der Waals surface area contributed by atoms with Gasteiger partial charge in [0.25, 0.3) is 0 Å². The highest BCUT2D eigenvalue weighted by Crippen LogP contribution is 2.29. The molecule has 0 N–H and O–H groups in total. The molecule has 3 rings (SSSR count). The Balaban J connectivity index is 1.68. The van der Waals surface area contributed by atoms with Gasteiger partial charge in [0.05, 0.1) is 0 Å². The van der Waals surface area contributed by atoms with Crippen LogP contribution in [-0.4, -0.2) is 34.5 Å². The molecule has 0 amide bonds. The molecule has 110 valence electrons. The van der Waals surface area contributed by atoms with Crippen molar-refractivity contribution in [3.05, 3.63) is 65.5 Å². The molecule has 2 aromatic rings. The number of aromatic nitrogens is 1. The zero-order chi connectivity index (χ0) is 14.5. The van der Waals surface area contributed by atoms with E-state index in [0.29, 0.717) is 6.04 Å². The van der Waals surface area contributed by atoms with Crippen molar-refractivity contribution >= 4 is 11.8 Å². The third kappa shape index (κ3) is 3.86. The molecule has 0 aliphatic carbocycles. The second-order valence-electron chi connectivity index (χ2n) is 5.64. The summed E-state index contributed by atoms with van der Waals surface area (Å²) < 4.78 is 0. The van der Waals surface area contributed by atoms with E-state index in [4.69, 9.17) is 0 Å². The molecule has 1 aromatic heterocycles. The lowest BCUT2D eigenvalue weighted by Gasteiger charge is -2.35. The van der Waals surface area contributed by atoms with Crippen LogP contribution in [-0.2, 0) is 6.42 Å². The first-order valence-corrected chi connectivity index (χ1v) is 8.75. The van der Waals surface area contributed by atoms with Gasteiger partial charge in [0.1, 0.15) is 0 Å². The zero-order valence-corrected chi connectivity index (χ0v) is 13.4. The Morgan fingerprint density at radius 3 is 2.67 bits per heavy atom. The molecule has 2 nitrogen and oxygen atoms in total. The lowest BCUT2D eigenvalue weighted by atomic mass is 10.0. The summed E-state index contributed by atoms with van der Waals surface area (Å²) >= 11 is 2.08. The number of hydrogen-bond acceptors (Lipinski definition) is 3. The number of rotatable bonds is 4. The summed E-state index contributed by atoms with van der Waals surface area (Å²) in [6.45, 7) is 4.47. The third-order valence-corrected chi connectivity index (χ3v) is 5.16. The van der Waals surface area contributed by atoms with Crippen LogP contribution in [0.5, 0.6) is 0 Å². The fraction of sp³-hybridized carbons (Fsp3) is 0.389. The van der Waals surface area contributed by atoms with Crippen LogP contribution >= 0.6 is 11.8 Å². The van der Waals surface area contributed by atoms with E-state index < -0.39 is 0 Å². The molecule has 1 aliphatic rings. The zero-order valence-electron chi connectivity index (χ0n) is 12.5. The van der Waals surface area contributed by atoms with Crippen LogP contribution in [0.3, 0.4) is 0 Å².